The Bertz CT molecular complexity index is 656. The van der Waals surface area contributed by atoms with Crippen LogP contribution in [0.4, 0.5) is 5.69 Å². The molecule has 0 saturated carbocycles. The van der Waals surface area contributed by atoms with Crippen LogP contribution in [0.15, 0.2) is 40.9 Å². The van der Waals surface area contributed by atoms with Crippen molar-refractivity contribution >= 4 is 21.6 Å². The molecule has 2 rings (SSSR count). The summed E-state index contributed by atoms with van der Waals surface area (Å²) in [4.78, 5) is 10.5. The fourth-order valence-electron chi connectivity index (χ4n) is 1.85. The molecule has 0 N–H and O–H groups in total. The monoisotopic (exact) mass is 335 g/mol. The van der Waals surface area contributed by atoms with Gasteiger partial charge in [-0.25, -0.2) is 0 Å². The van der Waals surface area contributed by atoms with Crippen molar-refractivity contribution in [1.82, 2.24) is 0 Å². The number of hydrogen-bond donors (Lipinski definition) is 0. The van der Waals surface area contributed by atoms with Gasteiger partial charge in [0.2, 0.25) is 0 Å². The number of benzene rings is 2. The van der Waals surface area contributed by atoms with Gasteiger partial charge in [0.05, 0.1) is 4.92 Å². The second-order valence-corrected chi connectivity index (χ2v) is 5.29. The lowest BCUT2D eigenvalue weighted by Crippen LogP contribution is -2.00. The molecule has 0 spiro atoms. The third-order valence-electron chi connectivity index (χ3n) is 3.19. The number of aryl methyl sites for hydroxylation is 1. The summed E-state index contributed by atoms with van der Waals surface area (Å²) in [6.07, 6.45) is 0. The van der Waals surface area contributed by atoms with E-state index in [0.29, 0.717) is 4.47 Å². The number of nitro benzene ring substituents is 1. The second kappa shape index (κ2) is 6.05. The molecule has 0 unspecified atom stereocenters. The molecule has 0 saturated heterocycles. The van der Waals surface area contributed by atoms with Gasteiger partial charge in [-0.3, -0.25) is 10.1 Å². The normalized spacial score (nSPS) is 10.3. The molecule has 2 aromatic carbocycles. The van der Waals surface area contributed by atoms with Gasteiger partial charge in [0.15, 0.2) is 0 Å². The van der Waals surface area contributed by atoms with Crippen LogP contribution < -0.4 is 4.74 Å². The minimum absolute atomic E-state index is 0.0482. The molecule has 0 radical (unpaired) electrons. The topological polar surface area (TPSA) is 52.4 Å². The molecule has 0 aromatic heterocycles. The van der Waals surface area contributed by atoms with Gasteiger partial charge in [-0.1, -0.05) is 24.3 Å². The van der Waals surface area contributed by atoms with E-state index in [1.165, 1.54) is 6.07 Å². The van der Waals surface area contributed by atoms with Gasteiger partial charge in [-0.2, -0.15) is 0 Å². The number of rotatable bonds is 4. The van der Waals surface area contributed by atoms with Crippen LogP contribution in [0, 0.1) is 24.0 Å². The molecule has 0 heterocycles. The summed E-state index contributed by atoms with van der Waals surface area (Å²) in [6, 6.07) is 10.8. The van der Waals surface area contributed by atoms with Gasteiger partial charge in [-0.05, 0) is 47.0 Å². The highest BCUT2D eigenvalue weighted by molar-refractivity contribution is 9.10. The van der Waals surface area contributed by atoms with Crippen LogP contribution in [0.3, 0.4) is 0 Å². The molecule has 2 aromatic rings. The largest absolute Gasteiger partial charge is 0.489 e. The number of halogens is 1. The Balaban J connectivity index is 2.21. The molecule has 0 aliphatic carbocycles. The smallest absolute Gasteiger partial charge is 0.283 e. The van der Waals surface area contributed by atoms with Gasteiger partial charge >= 0.3 is 0 Å². The Hall–Kier alpha value is -1.88. The van der Waals surface area contributed by atoms with Gasteiger partial charge in [0.25, 0.3) is 5.69 Å². The van der Waals surface area contributed by atoms with Crippen LogP contribution in [-0.4, -0.2) is 4.92 Å². The van der Waals surface area contributed by atoms with Crippen molar-refractivity contribution in [2.24, 2.45) is 0 Å². The number of nitrogens with zero attached hydrogens (tertiary/aromatic N) is 1. The predicted octanol–water partition coefficient (Wildman–Crippen LogP) is 4.55. The summed E-state index contributed by atoms with van der Waals surface area (Å²) in [5.41, 5.74) is 3.03. The first-order chi connectivity index (χ1) is 9.50. The highest BCUT2D eigenvalue weighted by Crippen LogP contribution is 2.29. The fourth-order valence-corrected chi connectivity index (χ4v) is 2.38. The second-order valence-electron chi connectivity index (χ2n) is 4.49. The summed E-state index contributed by atoms with van der Waals surface area (Å²) in [7, 11) is 0. The Morgan fingerprint density at radius 2 is 1.90 bits per heavy atom. The zero-order valence-electron chi connectivity index (χ0n) is 11.2. The Kier molecular flexibility index (Phi) is 4.39. The molecule has 0 aliphatic rings. The zero-order valence-corrected chi connectivity index (χ0v) is 12.8. The molecular weight excluding hydrogens is 322 g/mol. The lowest BCUT2D eigenvalue weighted by molar-refractivity contribution is -0.385. The summed E-state index contributed by atoms with van der Waals surface area (Å²) in [5.74, 6) is 0.795. The van der Waals surface area contributed by atoms with Crippen molar-refractivity contribution in [2.75, 3.05) is 0 Å². The summed E-state index contributed by atoms with van der Waals surface area (Å²) < 4.78 is 6.23. The van der Waals surface area contributed by atoms with Crippen LogP contribution in [0.5, 0.6) is 5.75 Å². The Morgan fingerprint density at radius 1 is 1.20 bits per heavy atom. The number of ether oxygens (including phenoxy) is 1. The van der Waals surface area contributed by atoms with E-state index in [2.05, 4.69) is 15.9 Å². The van der Waals surface area contributed by atoms with E-state index in [1.54, 1.807) is 6.07 Å². The summed E-state index contributed by atoms with van der Waals surface area (Å²) in [6.45, 7) is 4.30. The minimum atomic E-state index is -0.411. The zero-order chi connectivity index (χ0) is 14.7. The van der Waals surface area contributed by atoms with Gasteiger partial charge in [0, 0.05) is 11.6 Å². The van der Waals surface area contributed by atoms with Gasteiger partial charge in [0.1, 0.15) is 16.8 Å². The van der Waals surface area contributed by atoms with Crippen molar-refractivity contribution in [3.63, 3.8) is 0 Å². The van der Waals surface area contributed by atoms with Crippen LogP contribution in [0.2, 0.25) is 0 Å². The minimum Gasteiger partial charge on any atom is -0.489 e. The maximum Gasteiger partial charge on any atom is 0.283 e. The molecule has 0 atom stereocenters. The third kappa shape index (κ3) is 2.99. The van der Waals surface area contributed by atoms with Crippen LogP contribution in [0.25, 0.3) is 0 Å². The van der Waals surface area contributed by atoms with E-state index in [1.807, 2.05) is 38.1 Å². The quantitative estimate of drug-likeness (QED) is 0.608. The standard InChI is InChI=1S/C15H14BrNO3/c1-10-5-3-8-14(11(10)2)20-9-12-6-4-7-13(15(12)16)17(18)19/h3-8H,9H2,1-2H3. The van der Waals surface area contributed by atoms with Gasteiger partial charge < -0.3 is 4.74 Å². The van der Waals surface area contributed by atoms with Crippen molar-refractivity contribution in [3.8, 4) is 5.75 Å². The molecule has 5 heteroatoms. The Morgan fingerprint density at radius 3 is 2.60 bits per heavy atom. The van der Waals surface area contributed by atoms with Crippen molar-refractivity contribution in [2.45, 2.75) is 20.5 Å². The van der Waals surface area contributed by atoms with E-state index in [4.69, 9.17) is 4.74 Å². The highest BCUT2D eigenvalue weighted by Gasteiger charge is 2.15. The third-order valence-corrected chi connectivity index (χ3v) is 4.11. The average molecular weight is 336 g/mol. The van der Waals surface area contributed by atoms with Crippen LogP contribution in [0.1, 0.15) is 16.7 Å². The predicted molar refractivity (Wildman–Crippen MR) is 81.0 cm³/mol. The van der Waals surface area contributed by atoms with Gasteiger partial charge in [-0.15, -0.1) is 0 Å². The average Bonchev–Trinajstić information content (AvgIpc) is 2.41. The lowest BCUT2D eigenvalue weighted by Gasteiger charge is -2.11. The molecular formula is C15H14BrNO3. The Labute approximate surface area is 125 Å². The first-order valence-electron chi connectivity index (χ1n) is 6.11. The molecule has 20 heavy (non-hydrogen) atoms. The lowest BCUT2D eigenvalue weighted by atomic mass is 10.1. The SMILES string of the molecule is Cc1cccc(OCc2cccc([N+](=O)[O-])c2Br)c1C. The first kappa shape index (κ1) is 14.5. The number of nitro groups is 1. The first-order valence-corrected chi connectivity index (χ1v) is 6.91. The van der Waals surface area contributed by atoms with Crippen LogP contribution in [-0.2, 0) is 6.61 Å². The molecule has 0 fully saturated rings. The number of hydrogen-bond acceptors (Lipinski definition) is 3. The van der Waals surface area contributed by atoms with Crippen molar-refractivity contribution in [3.05, 3.63) is 67.7 Å². The van der Waals surface area contributed by atoms with E-state index in [0.717, 1.165) is 22.4 Å². The molecule has 0 bridgehead atoms. The highest BCUT2D eigenvalue weighted by atomic mass is 79.9. The fraction of sp³-hybridized carbons (Fsp3) is 0.200. The van der Waals surface area contributed by atoms with Crippen molar-refractivity contribution in [1.29, 1.82) is 0 Å². The van der Waals surface area contributed by atoms with E-state index >= 15 is 0 Å². The van der Waals surface area contributed by atoms with E-state index in [-0.39, 0.29) is 12.3 Å². The molecule has 104 valence electrons. The molecule has 4 nitrogen and oxygen atoms in total. The maximum absolute atomic E-state index is 10.9. The summed E-state index contributed by atoms with van der Waals surface area (Å²) >= 11 is 3.27. The molecule has 0 amide bonds. The van der Waals surface area contributed by atoms with Crippen molar-refractivity contribution < 1.29 is 9.66 Å². The summed E-state index contributed by atoms with van der Waals surface area (Å²) in [5, 5.41) is 10.9. The molecule has 0 aliphatic heterocycles. The van der Waals surface area contributed by atoms with E-state index in [9.17, 15) is 10.1 Å². The maximum atomic E-state index is 10.9. The van der Waals surface area contributed by atoms with E-state index < -0.39 is 4.92 Å². The van der Waals surface area contributed by atoms with Crippen LogP contribution >= 0.6 is 15.9 Å².